The van der Waals surface area contributed by atoms with E-state index in [1.807, 2.05) is 45.2 Å². The third-order valence-corrected chi connectivity index (χ3v) is 7.00. The molecule has 2 aliphatic rings. The third kappa shape index (κ3) is 5.42. The number of nitrogens with one attached hydrogen (secondary N) is 1. The van der Waals surface area contributed by atoms with Crippen LogP contribution >= 0.6 is 0 Å². The minimum absolute atomic E-state index is 0.00490. The summed E-state index contributed by atoms with van der Waals surface area (Å²) in [4.78, 5) is 56.5. The largest absolute Gasteiger partial charge is 0.480 e. The predicted octanol–water partition coefficient (Wildman–Crippen LogP) is 2.06. The van der Waals surface area contributed by atoms with E-state index in [9.17, 15) is 24.3 Å². The van der Waals surface area contributed by atoms with Gasteiger partial charge in [-0.25, -0.2) is 0 Å². The summed E-state index contributed by atoms with van der Waals surface area (Å²) in [5.74, 6) is -1.87. The molecule has 1 fully saturated rings. The van der Waals surface area contributed by atoms with Gasteiger partial charge in [-0.3, -0.25) is 29.4 Å². The molecule has 36 heavy (non-hydrogen) atoms. The lowest BCUT2D eigenvalue weighted by Crippen LogP contribution is -2.56. The topological polar surface area (TPSA) is 110 Å². The Kier molecular flexibility index (Phi) is 7.70. The fourth-order valence-electron chi connectivity index (χ4n) is 4.92. The van der Waals surface area contributed by atoms with Crippen molar-refractivity contribution in [1.82, 2.24) is 20.0 Å². The lowest BCUT2D eigenvalue weighted by atomic mass is 10.0. The van der Waals surface area contributed by atoms with Crippen LogP contribution < -0.4 is 5.32 Å². The van der Waals surface area contributed by atoms with Crippen molar-refractivity contribution in [1.29, 1.82) is 0 Å². The van der Waals surface area contributed by atoms with Crippen molar-refractivity contribution in [3.63, 3.8) is 0 Å². The summed E-state index contributed by atoms with van der Waals surface area (Å²) in [6.07, 6.45) is 0.499. The first-order chi connectivity index (χ1) is 17.2. The first kappa shape index (κ1) is 25.8. The normalized spacial score (nSPS) is 18.1. The third-order valence-electron chi connectivity index (χ3n) is 7.00. The Morgan fingerprint density at radius 1 is 0.944 bits per heavy atom. The molecule has 4 rings (SSSR count). The predicted molar refractivity (Wildman–Crippen MR) is 136 cm³/mol. The van der Waals surface area contributed by atoms with Crippen LogP contribution in [0.3, 0.4) is 0 Å². The van der Waals surface area contributed by atoms with E-state index in [1.165, 1.54) is 0 Å². The van der Waals surface area contributed by atoms with Gasteiger partial charge in [0, 0.05) is 32.7 Å². The summed E-state index contributed by atoms with van der Waals surface area (Å²) in [6.45, 7) is 6.69. The maximum Gasteiger partial charge on any atom is 0.320 e. The van der Waals surface area contributed by atoms with Gasteiger partial charge in [0.15, 0.2) is 0 Å². The highest BCUT2D eigenvalue weighted by atomic mass is 16.4. The van der Waals surface area contributed by atoms with Crippen molar-refractivity contribution >= 4 is 34.5 Å². The Hall–Kier alpha value is -3.30. The van der Waals surface area contributed by atoms with Crippen molar-refractivity contribution in [3.05, 3.63) is 47.5 Å². The molecule has 2 aliphatic heterocycles. The second-order valence-corrected chi connectivity index (χ2v) is 10.2. The maximum atomic E-state index is 13.3. The lowest BCUT2D eigenvalue weighted by molar-refractivity contribution is -0.141. The molecular weight excluding hydrogens is 460 g/mol. The summed E-state index contributed by atoms with van der Waals surface area (Å²) >= 11 is 0. The van der Waals surface area contributed by atoms with Gasteiger partial charge in [0.05, 0.1) is 17.2 Å². The summed E-state index contributed by atoms with van der Waals surface area (Å²) in [5.41, 5.74) is 0.669. The van der Waals surface area contributed by atoms with Crippen molar-refractivity contribution in [2.75, 3.05) is 39.8 Å². The van der Waals surface area contributed by atoms with Gasteiger partial charge in [-0.1, -0.05) is 38.1 Å². The van der Waals surface area contributed by atoms with Gasteiger partial charge in [0.2, 0.25) is 5.91 Å². The number of hydrogen-bond donors (Lipinski definition) is 2. The Bertz CT molecular complexity index is 1120. The number of carboxylic acids is 1. The fraction of sp³-hybridized carbons (Fsp3) is 0.481. The Labute approximate surface area is 211 Å². The quantitative estimate of drug-likeness (QED) is 0.514. The minimum atomic E-state index is -1.11. The zero-order chi connectivity index (χ0) is 26.0. The van der Waals surface area contributed by atoms with E-state index in [0.29, 0.717) is 30.6 Å². The zero-order valence-corrected chi connectivity index (χ0v) is 21.1. The molecule has 9 heteroatoms. The van der Waals surface area contributed by atoms with Crippen molar-refractivity contribution < 1.29 is 24.3 Å². The number of piperazine rings is 1. The van der Waals surface area contributed by atoms with E-state index in [0.717, 1.165) is 28.8 Å². The number of carbonyl (C=O) groups is 4. The van der Waals surface area contributed by atoms with Gasteiger partial charge >= 0.3 is 5.97 Å². The van der Waals surface area contributed by atoms with E-state index in [2.05, 4.69) is 10.2 Å². The molecule has 1 saturated heterocycles. The van der Waals surface area contributed by atoms with Crippen LogP contribution in [0.15, 0.2) is 36.4 Å². The van der Waals surface area contributed by atoms with Crippen LogP contribution in [-0.2, 0) is 9.59 Å². The van der Waals surface area contributed by atoms with Gasteiger partial charge in [-0.15, -0.1) is 0 Å². The van der Waals surface area contributed by atoms with Crippen molar-refractivity contribution in [2.45, 2.75) is 38.8 Å². The molecule has 192 valence electrons. The molecular formula is C27H34N4O5. The van der Waals surface area contributed by atoms with E-state index in [-0.39, 0.29) is 24.8 Å². The standard InChI is InChI=1S/C27H34N4O5/c1-17(2)14-23(26(34)30-12-10-29(3)11-13-30)28-22(27(35)36)8-9-31-24(32)20-15-18-6-4-5-7-19(18)16-21(20)25(31)33/h4-7,15-17,22-23,28H,8-14H2,1-3H3,(H,35,36)/t22?,23-/m1/s1. The smallest absolute Gasteiger partial charge is 0.320 e. The number of carbonyl (C=O) groups excluding carboxylic acids is 3. The molecule has 9 nitrogen and oxygen atoms in total. The number of rotatable bonds is 9. The Balaban J connectivity index is 1.46. The highest BCUT2D eigenvalue weighted by Gasteiger charge is 2.37. The number of nitrogens with zero attached hydrogens (tertiary/aromatic N) is 3. The van der Waals surface area contributed by atoms with Crippen LogP contribution in [0, 0.1) is 5.92 Å². The summed E-state index contributed by atoms with van der Waals surface area (Å²) < 4.78 is 0. The van der Waals surface area contributed by atoms with E-state index >= 15 is 0 Å². The number of carboxylic acid groups (broad SMARTS) is 1. The van der Waals surface area contributed by atoms with E-state index in [1.54, 1.807) is 17.0 Å². The molecule has 0 spiro atoms. The first-order valence-electron chi connectivity index (χ1n) is 12.5. The number of amides is 3. The van der Waals surface area contributed by atoms with Crippen molar-refractivity contribution in [3.8, 4) is 0 Å². The SMILES string of the molecule is CC(C)C[C@@H](NC(CCN1C(=O)c2cc3ccccc3cc2C1=O)C(=O)O)C(=O)N1CCN(C)CC1. The summed E-state index contributed by atoms with van der Waals surface area (Å²) in [5, 5.41) is 14.7. The number of likely N-dealkylation sites (N-methyl/N-ethyl adjacent to an activating group) is 1. The number of hydrogen-bond acceptors (Lipinski definition) is 6. The Morgan fingerprint density at radius 3 is 2.00 bits per heavy atom. The van der Waals surface area contributed by atoms with E-state index in [4.69, 9.17) is 0 Å². The molecule has 2 N–H and O–H groups in total. The average Bonchev–Trinajstić information content (AvgIpc) is 3.08. The number of benzene rings is 2. The first-order valence-corrected chi connectivity index (χ1v) is 12.5. The van der Waals surface area contributed by atoms with E-state index < -0.39 is 29.9 Å². The summed E-state index contributed by atoms with van der Waals surface area (Å²) in [7, 11) is 2.01. The molecule has 0 saturated carbocycles. The highest BCUT2D eigenvalue weighted by Crippen LogP contribution is 2.28. The molecule has 2 atom stereocenters. The highest BCUT2D eigenvalue weighted by molar-refractivity contribution is 6.23. The molecule has 2 heterocycles. The van der Waals surface area contributed by atoms with Crippen LogP contribution in [0.4, 0.5) is 0 Å². The van der Waals surface area contributed by atoms with Crippen LogP contribution in [-0.4, -0.2) is 95.4 Å². The fourth-order valence-corrected chi connectivity index (χ4v) is 4.92. The van der Waals surface area contributed by atoms with Gasteiger partial charge in [0.25, 0.3) is 11.8 Å². The lowest BCUT2D eigenvalue weighted by Gasteiger charge is -2.36. The molecule has 0 aromatic heterocycles. The Morgan fingerprint density at radius 2 is 1.50 bits per heavy atom. The molecule has 0 aliphatic carbocycles. The minimum Gasteiger partial charge on any atom is -0.480 e. The molecule has 0 bridgehead atoms. The molecule has 1 unspecified atom stereocenters. The second kappa shape index (κ2) is 10.8. The monoisotopic (exact) mass is 494 g/mol. The van der Waals surface area contributed by atoms with Crippen LogP contribution in [0.5, 0.6) is 0 Å². The maximum absolute atomic E-state index is 13.3. The number of imide groups is 1. The van der Waals surface area contributed by atoms with Gasteiger partial charge < -0.3 is 14.9 Å². The van der Waals surface area contributed by atoms with Gasteiger partial charge in [-0.2, -0.15) is 0 Å². The second-order valence-electron chi connectivity index (χ2n) is 10.2. The summed E-state index contributed by atoms with van der Waals surface area (Å²) in [6, 6.07) is 9.20. The number of aliphatic carboxylic acids is 1. The van der Waals surface area contributed by atoms with Gasteiger partial charge in [0.1, 0.15) is 6.04 Å². The van der Waals surface area contributed by atoms with Crippen LogP contribution in [0.1, 0.15) is 47.4 Å². The number of fused-ring (bicyclic) bond motifs is 2. The molecule has 2 aromatic carbocycles. The van der Waals surface area contributed by atoms with Crippen LogP contribution in [0.2, 0.25) is 0 Å². The molecule has 2 aromatic rings. The molecule has 0 radical (unpaired) electrons. The van der Waals surface area contributed by atoms with Crippen LogP contribution in [0.25, 0.3) is 10.8 Å². The van der Waals surface area contributed by atoms with Crippen molar-refractivity contribution in [2.24, 2.45) is 5.92 Å². The van der Waals surface area contributed by atoms with Gasteiger partial charge in [-0.05, 0) is 48.7 Å². The molecule has 3 amide bonds. The zero-order valence-electron chi connectivity index (χ0n) is 21.1. The average molecular weight is 495 g/mol.